The smallest absolute Gasteiger partial charge is 0.261 e. The number of aryl methyl sites for hydroxylation is 2. The first-order valence-electron chi connectivity index (χ1n) is 13.4. The quantitative estimate of drug-likeness (QED) is 0.176. The van der Waals surface area contributed by atoms with Crippen LogP contribution in [-0.2, 0) is 19.4 Å². The van der Waals surface area contributed by atoms with Crippen LogP contribution in [0.2, 0.25) is 5.02 Å². The molecule has 0 unspecified atom stereocenters. The molecule has 0 spiro atoms. The second-order valence-corrected chi connectivity index (χ2v) is 10.4. The van der Waals surface area contributed by atoms with Gasteiger partial charge in [0.15, 0.2) is 0 Å². The molecule has 196 valence electrons. The minimum atomic E-state index is -0.198. The molecule has 2 aliphatic rings. The molecule has 6 heteroatoms. The van der Waals surface area contributed by atoms with Crippen LogP contribution in [0, 0.1) is 0 Å². The van der Waals surface area contributed by atoms with Crippen LogP contribution in [0.4, 0.5) is 11.4 Å². The van der Waals surface area contributed by atoms with Gasteiger partial charge in [-0.1, -0.05) is 60.1 Å². The van der Waals surface area contributed by atoms with Crippen molar-refractivity contribution in [2.45, 2.75) is 32.3 Å². The highest BCUT2D eigenvalue weighted by molar-refractivity contribution is 6.31. The van der Waals surface area contributed by atoms with Crippen molar-refractivity contribution in [2.75, 3.05) is 18.0 Å². The van der Waals surface area contributed by atoms with E-state index in [2.05, 4.69) is 35.2 Å². The Morgan fingerprint density at radius 1 is 0.667 bits per heavy atom. The van der Waals surface area contributed by atoms with Crippen molar-refractivity contribution in [3.05, 3.63) is 124 Å². The average Bonchev–Trinajstić information content (AvgIpc) is 3.11. The van der Waals surface area contributed by atoms with E-state index in [9.17, 15) is 9.59 Å². The fraction of sp³-hybridized carbons (Fsp3) is 0.212. The molecular formula is C33H29ClN2O3. The number of rotatable bonds is 8. The van der Waals surface area contributed by atoms with Crippen molar-refractivity contribution < 1.29 is 14.3 Å². The molecule has 4 aromatic rings. The second-order valence-electron chi connectivity index (χ2n) is 10.0. The van der Waals surface area contributed by atoms with Gasteiger partial charge >= 0.3 is 0 Å². The predicted octanol–water partition coefficient (Wildman–Crippen LogP) is 7.23. The van der Waals surface area contributed by atoms with Crippen molar-refractivity contribution >= 4 is 34.8 Å². The lowest BCUT2D eigenvalue weighted by molar-refractivity contribution is 0.0652. The monoisotopic (exact) mass is 536 g/mol. The third-order valence-electron chi connectivity index (χ3n) is 7.48. The number of hydrogen-bond acceptors (Lipinski definition) is 4. The van der Waals surface area contributed by atoms with Crippen molar-refractivity contribution in [3.8, 4) is 5.75 Å². The van der Waals surface area contributed by atoms with E-state index in [1.165, 1.54) is 16.0 Å². The van der Waals surface area contributed by atoms with E-state index in [0.29, 0.717) is 35.7 Å². The minimum absolute atomic E-state index is 0.198. The van der Waals surface area contributed by atoms with E-state index in [-0.39, 0.29) is 11.8 Å². The Bertz CT molecular complexity index is 1500. The number of unbranched alkanes of at least 4 members (excludes halogenated alkanes) is 1. The maximum Gasteiger partial charge on any atom is 0.261 e. The highest BCUT2D eigenvalue weighted by atomic mass is 35.5. The van der Waals surface area contributed by atoms with Crippen LogP contribution in [0.25, 0.3) is 0 Å². The minimum Gasteiger partial charge on any atom is -0.489 e. The molecule has 4 aromatic carbocycles. The van der Waals surface area contributed by atoms with Crippen molar-refractivity contribution in [2.24, 2.45) is 0 Å². The fourth-order valence-electron chi connectivity index (χ4n) is 5.48. The summed E-state index contributed by atoms with van der Waals surface area (Å²) in [4.78, 5) is 29.2. The van der Waals surface area contributed by atoms with E-state index in [1.807, 2.05) is 36.4 Å². The molecule has 39 heavy (non-hydrogen) atoms. The molecule has 0 radical (unpaired) electrons. The molecule has 6 rings (SSSR count). The lowest BCUT2D eigenvalue weighted by atomic mass is 10.0. The summed E-state index contributed by atoms with van der Waals surface area (Å²) in [5, 5.41) is 0.705. The molecule has 2 heterocycles. The lowest BCUT2D eigenvalue weighted by Crippen LogP contribution is -2.31. The first kappa shape index (κ1) is 25.2. The highest BCUT2D eigenvalue weighted by Gasteiger charge is 2.34. The van der Waals surface area contributed by atoms with Crippen molar-refractivity contribution in [3.63, 3.8) is 0 Å². The maximum absolute atomic E-state index is 12.8. The molecular weight excluding hydrogens is 508 g/mol. The third-order valence-corrected chi connectivity index (χ3v) is 7.72. The number of imide groups is 1. The molecule has 0 N–H and O–H groups in total. The van der Waals surface area contributed by atoms with Gasteiger partial charge in [0.25, 0.3) is 11.8 Å². The van der Waals surface area contributed by atoms with E-state index < -0.39 is 0 Å². The van der Waals surface area contributed by atoms with Gasteiger partial charge in [0.1, 0.15) is 12.4 Å². The number of benzene rings is 4. The first-order valence-corrected chi connectivity index (χ1v) is 13.8. The zero-order chi connectivity index (χ0) is 26.8. The van der Waals surface area contributed by atoms with Crippen LogP contribution >= 0.6 is 11.6 Å². The summed E-state index contributed by atoms with van der Waals surface area (Å²) in [6, 6.07) is 29.6. The Kier molecular flexibility index (Phi) is 7.08. The van der Waals surface area contributed by atoms with Gasteiger partial charge in [0.05, 0.1) is 11.1 Å². The van der Waals surface area contributed by atoms with Gasteiger partial charge in [-0.25, -0.2) is 0 Å². The molecule has 0 saturated heterocycles. The van der Waals surface area contributed by atoms with Crippen LogP contribution < -0.4 is 9.64 Å². The molecule has 2 amide bonds. The summed E-state index contributed by atoms with van der Waals surface area (Å²) in [5.41, 5.74) is 6.87. The standard InChI is InChI=1S/C33H29ClN2O3/c34-26-15-14-24-12-13-25-20-27(39-22-23-8-2-1-3-9-23)16-17-30(25)35(31(24)21-26)18-6-7-19-36-32(37)28-10-4-5-11-29(28)33(36)38/h1-5,8-11,14-17,20-21H,6-7,12-13,18-19,22H2. The van der Waals surface area contributed by atoms with Crippen LogP contribution in [0.1, 0.15) is 50.2 Å². The predicted molar refractivity (Wildman–Crippen MR) is 154 cm³/mol. The van der Waals surface area contributed by atoms with Gasteiger partial charge in [0.2, 0.25) is 0 Å². The van der Waals surface area contributed by atoms with Crippen LogP contribution in [0.15, 0.2) is 91.0 Å². The average molecular weight is 537 g/mol. The molecule has 0 atom stereocenters. The SMILES string of the molecule is O=C1c2ccccc2C(=O)N1CCCCN1c2ccc(OCc3ccccc3)cc2CCc2ccc(Cl)cc21. The summed E-state index contributed by atoms with van der Waals surface area (Å²) in [5.74, 6) is 0.457. The van der Waals surface area contributed by atoms with E-state index in [0.717, 1.165) is 48.5 Å². The number of nitrogens with zero attached hydrogens (tertiary/aromatic N) is 2. The zero-order valence-electron chi connectivity index (χ0n) is 21.6. The van der Waals surface area contributed by atoms with Crippen LogP contribution in [0.5, 0.6) is 5.75 Å². The number of carbonyl (C=O) groups is 2. The van der Waals surface area contributed by atoms with E-state index in [1.54, 1.807) is 24.3 Å². The first-order chi connectivity index (χ1) is 19.1. The Balaban J connectivity index is 1.18. The Labute approximate surface area is 233 Å². The van der Waals surface area contributed by atoms with Gasteiger partial charge in [-0.2, -0.15) is 0 Å². The van der Waals surface area contributed by atoms with Crippen molar-refractivity contribution in [1.29, 1.82) is 0 Å². The normalized spacial score (nSPS) is 14.1. The van der Waals surface area contributed by atoms with Crippen LogP contribution in [0.3, 0.4) is 0 Å². The molecule has 0 saturated carbocycles. The number of amides is 2. The summed E-state index contributed by atoms with van der Waals surface area (Å²) in [7, 11) is 0. The summed E-state index contributed by atoms with van der Waals surface area (Å²) in [6.07, 6.45) is 3.34. The lowest BCUT2D eigenvalue weighted by Gasteiger charge is -2.28. The molecule has 2 aliphatic heterocycles. The number of hydrogen-bond donors (Lipinski definition) is 0. The summed E-state index contributed by atoms with van der Waals surface area (Å²) >= 11 is 6.44. The topological polar surface area (TPSA) is 49.9 Å². The van der Waals surface area contributed by atoms with Gasteiger partial charge in [-0.15, -0.1) is 0 Å². The van der Waals surface area contributed by atoms with Crippen molar-refractivity contribution in [1.82, 2.24) is 4.90 Å². The van der Waals surface area contributed by atoms with Crippen LogP contribution in [-0.4, -0.2) is 29.8 Å². The second kappa shape index (κ2) is 11.0. The number of carbonyl (C=O) groups excluding carboxylic acids is 2. The number of ether oxygens (including phenoxy) is 1. The maximum atomic E-state index is 12.8. The Morgan fingerprint density at radius 3 is 2.08 bits per heavy atom. The summed E-state index contributed by atoms with van der Waals surface area (Å²) in [6.45, 7) is 1.67. The Hall–Kier alpha value is -4.09. The molecule has 0 aliphatic carbocycles. The van der Waals surface area contributed by atoms with Gasteiger partial charge < -0.3 is 9.64 Å². The molecule has 0 aromatic heterocycles. The molecule has 0 fully saturated rings. The van der Waals surface area contributed by atoms with E-state index in [4.69, 9.17) is 16.3 Å². The highest BCUT2D eigenvalue weighted by Crippen LogP contribution is 2.39. The van der Waals surface area contributed by atoms with Gasteiger partial charge in [0, 0.05) is 29.5 Å². The molecule has 0 bridgehead atoms. The largest absolute Gasteiger partial charge is 0.489 e. The number of anilines is 2. The molecule has 5 nitrogen and oxygen atoms in total. The number of halogens is 1. The number of fused-ring (bicyclic) bond motifs is 3. The summed E-state index contributed by atoms with van der Waals surface area (Å²) < 4.78 is 6.12. The van der Waals surface area contributed by atoms with Gasteiger partial charge in [-0.3, -0.25) is 14.5 Å². The zero-order valence-corrected chi connectivity index (χ0v) is 22.4. The van der Waals surface area contributed by atoms with Gasteiger partial charge in [-0.05, 0) is 84.8 Å². The third kappa shape index (κ3) is 5.15. The Morgan fingerprint density at radius 2 is 1.33 bits per heavy atom. The fourth-order valence-corrected chi connectivity index (χ4v) is 5.64. The van der Waals surface area contributed by atoms with E-state index >= 15 is 0 Å².